The van der Waals surface area contributed by atoms with Crippen LogP contribution in [0, 0.1) is 5.82 Å². The summed E-state index contributed by atoms with van der Waals surface area (Å²) in [6.45, 7) is 0.530. The Morgan fingerprint density at radius 2 is 2.28 bits per heavy atom. The molecule has 0 radical (unpaired) electrons. The van der Waals surface area contributed by atoms with E-state index in [1.54, 1.807) is 10.7 Å². The number of hydrogen-bond acceptors (Lipinski definition) is 3. The molecule has 0 amide bonds. The molecule has 0 bridgehead atoms. The van der Waals surface area contributed by atoms with E-state index in [4.69, 9.17) is 18.0 Å². The molecular weight excluding hydrogens is 251 g/mol. The fourth-order valence-corrected chi connectivity index (χ4v) is 1.79. The normalized spacial score (nSPS) is 10.3. The minimum atomic E-state index is -0.360. The zero-order valence-electron chi connectivity index (χ0n) is 9.85. The molecule has 94 valence electrons. The van der Waals surface area contributed by atoms with Gasteiger partial charge < -0.3 is 11.1 Å². The SMILES string of the molecule is Cn1ccc(CNc2ccc(F)cc2C(N)=S)n1. The minimum Gasteiger partial charge on any atom is -0.389 e. The molecule has 1 aromatic heterocycles. The zero-order chi connectivity index (χ0) is 13.1. The predicted octanol–water partition coefficient (Wildman–Crippen LogP) is 1.81. The Bertz CT molecular complexity index is 579. The first-order valence-corrected chi connectivity index (χ1v) is 5.79. The van der Waals surface area contributed by atoms with E-state index in [1.807, 2.05) is 19.3 Å². The summed E-state index contributed by atoms with van der Waals surface area (Å²) >= 11 is 4.90. The smallest absolute Gasteiger partial charge is 0.124 e. The molecule has 0 spiro atoms. The van der Waals surface area contributed by atoms with Crippen molar-refractivity contribution < 1.29 is 4.39 Å². The van der Waals surface area contributed by atoms with Crippen LogP contribution in [0.15, 0.2) is 30.5 Å². The van der Waals surface area contributed by atoms with E-state index < -0.39 is 0 Å². The molecule has 18 heavy (non-hydrogen) atoms. The molecule has 6 heteroatoms. The summed E-state index contributed by atoms with van der Waals surface area (Å²) in [4.78, 5) is 0.165. The second-order valence-corrected chi connectivity index (χ2v) is 4.33. The van der Waals surface area contributed by atoms with Gasteiger partial charge in [0.2, 0.25) is 0 Å². The maximum Gasteiger partial charge on any atom is 0.124 e. The third-order valence-electron chi connectivity index (χ3n) is 2.48. The zero-order valence-corrected chi connectivity index (χ0v) is 10.7. The number of nitrogens with two attached hydrogens (primary N) is 1. The topological polar surface area (TPSA) is 55.9 Å². The number of aromatic nitrogens is 2. The van der Waals surface area contributed by atoms with Crippen LogP contribution in [0.4, 0.5) is 10.1 Å². The molecule has 4 nitrogen and oxygen atoms in total. The quantitative estimate of drug-likeness (QED) is 0.827. The molecule has 1 aromatic carbocycles. The summed E-state index contributed by atoms with van der Waals surface area (Å²) < 4.78 is 14.8. The van der Waals surface area contributed by atoms with Crippen molar-refractivity contribution in [2.75, 3.05) is 5.32 Å². The summed E-state index contributed by atoms with van der Waals surface area (Å²) in [6.07, 6.45) is 1.86. The first kappa shape index (κ1) is 12.5. The Kier molecular flexibility index (Phi) is 3.57. The highest BCUT2D eigenvalue weighted by molar-refractivity contribution is 7.80. The number of nitrogens with zero attached hydrogens (tertiary/aromatic N) is 2. The second-order valence-electron chi connectivity index (χ2n) is 3.89. The number of anilines is 1. The molecule has 2 aromatic rings. The van der Waals surface area contributed by atoms with Gasteiger partial charge in [-0.1, -0.05) is 12.2 Å². The highest BCUT2D eigenvalue weighted by atomic mass is 32.1. The number of nitrogens with one attached hydrogen (secondary N) is 1. The van der Waals surface area contributed by atoms with Gasteiger partial charge in [-0.15, -0.1) is 0 Å². The van der Waals surface area contributed by atoms with Crippen molar-refractivity contribution in [2.45, 2.75) is 6.54 Å². The first-order valence-electron chi connectivity index (χ1n) is 5.38. The molecule has 3 N–H and O–H groups in total. The van der Waals surface area contributed by atoms with Crippen LogP contribution < -0.4 is 11.1 Å². The summed E-state index contributed by atoms with van der Waals surface area (Å²) in [5, 5.41) is 7.38. The largest absolute Gasteiger partial charge is 0.389 e. The monoisotopic (exact) mass is 264 g/mol. The maximum absolute atomic E-state index is 13.1. The van der Waals surface area contributed by atoms with E-state index >= 15 is 0 Å². The van der Waals surface area contributed by atoms with Crippen LogP contribution in [0.3, 0.4) is 0 Å². The number of thiocarbonyl (C=S) groups is 1. The highest BCUT2D eigenvalue weighted by Crippen LogP contribution is 2.17. The maximum atomic E-state index is 13.1. The Labute approximate surface area is 110 Å². The standard InChI is InChI=1S/C12H13FN4S/c1-17-5-4-9(16-17)7-15-11-3-2-8(13)6-10(11)12(14)18/h2-6,15H,7H2,1H3,(H2,14,18). The Morgan fingerprint density at radius 3 is 2.89 bits per heavy atom. The molecule has 0 saturated carbocycles. The van der Waals surface area contributed by atoms with Gasteiger partial charge in [0.25, 0.3) is 0 Å². The van der Waals surface area contributed by atoms with Crippen molar-refractivity contribution in [3.8, 4) is 0 Å². The fraction of sp³-hybridized carbons (Fsp3) is 0.167. The molecule has 0 fully saturated rings. The van der Waals surface area contributed by atoms with E-state index in [0.29, 0.717) is 17.8 Å². The molecule has 0 aliphatic carbocycles. The van der Waals surface area contributed by atoms with E-state index in [2.05, 4.69) is 10.4 Å². The van der Waals surface area contributed by atoms with Crippen LogP contribution >= 0.6 is 12.2 Å². The van der Waals surface area contributed by atoms with Gasteiger partial charge in [-0.3, -0.25) is 4.68 Å². The lowest BCUT2D eigenvalue weighted by Gasteiger charge is -2.10. The van der Waals surface area contributed by atoms with Gasteiger partial charge in [0.05, 0.1) is 12.2 Å². The van der Waals surface area contributed by atoms with E-state index in [-0.39, 0.29) is 10.8 Å². The van der Waals surface area contributed by atoms with Gasteiger partial charge in [-0.25, -0.2) is 4.39 Å². The van der Waals surface area contributed by atoms with Gasteiger partial charge in [-0.05, 0) is 24.3 Å². The summed E-state index contributed by atoms with van der Waals surface area (Å²) in [5.74, 6) is -0.360. The summed E-state index contributed by atoms with van der Waals surface area (Å²) in [6, 6.07) is 6.20. The molecule has 2 rings (SSSR count). The predicted molar refractivity (Wildman–Crippen MR) is 72.8 cm³/mol. The fourth-order valence-electron chi connectivity index (χ4n) is 1.62. The lowest BCUT2D eigenvalue weighted by Crippen LogP contribution is -2.13. The molecule has 1 heterocycles. The molecule has 0 aliphatic rings. The van der Waals surface area contributed by atoms with Crippen LogP contribution in [0.5, 0.6) is 0 Å². The van der Waals surface area contributed by atoms with Gasteiger partial charge in [0.1, 0.15) is 10.8 Å². The minimum absolute atomic E-state index is 0.165. The second kappa shape index (κ2) is 5.14. The van der Waals surface area contributed by atoms with E-state index in [1.165, 1.54) is 12.1 Å². The van der Waals surface area contributed by atoms with Gasteiger partial charge in [0, 0.05) is 24.5 Å². The van der Waals surface area contributed by atoms with Crippen LogP contribution in [0.25, 0.3) is 0 Å². The van der Waals surface area contributed by atoms with Crippen molar-refractivity contribution in [3.63, 3.8) is 0 Å². The van der Waals surface area contributed by atoms with Crippen molar-refractivity contribution in [1.82, 2.24) is 9.78 Å². The van der Waals surface area contributed by atoms with Crippen molar-refractivity contribution >= 4 is 22.9 Å². The van der Waals surface area contributed by atoms with E-state index in [0.717, 1.165) is 5.69 Å². The van der Waals surface area contributed by atoms with Crippen LogP contribution in [0.1, 0.15) is 11.3 Å². The number of aryl methyl sites for hydroxylation is 1. The highest BCUT2D eigenvalue weighted by Gasteiger charge is 2.07. The van der Waals surface area contributed by atoms with Crippen molar-refractivity contribution in [2.24, 2.45) is 12.8 Å². The van der Waals surface area contributed by atoms with Crippen molar-refractivity contribution in [3.05, 3.63) is 47.5 Å². The van der Waals surface area contributed by atoms with Gasteiger partial charge >= 0.3 is 0 Å². The summed E-state index contributed by atoms with van der Waals surface area (Å²) in [7, 11) is 1.85. The third-order valence-corrected chi connectivity index (χ3v) is 2.70. The molecular formula is C12H13FN4S. The molecule has 0 saturated heterocycles. The number of hydrogen-bond donors (Lipinski definition) is 2. The third kappa shape index (κ3) is 2.84. The number of halogens is 1. The van der Waals surface area contributed by atoms with Gasteiger partial charge in [-0.2, -0.15) is 5.10 Å². The van der Waals surface area contributed by atoms with Gasteiger partial charge in [0.15, 0.2) is 0 Å². The van der Waals surface area contributed by atoms with Crippen LogP contribution in [0.2, 0.25) is 0 Å². The lowest BCUT2D eigenvalue weighted by atomic mass is 10.1. The average Bonchev–Trinajstić information content (AvgIpc) is 2.73. The molecule has 0 atom stereocenters. The van der Waals surface area contributed by atoms with Crippen molar-refractivity contribution in [1.29, 1.82) is 0 Å². The Morgan fingerprint density at radius 1 is 1.50 bits per heavy atom. The molecule has 0 aliphatic heterocycles. The first-order chi connectivity index (χ1) is 8.56. The average molecular weight is 264 g/mol. The number of benzene rings is 1. The van der Waals surface area contributed by atoms with Crippen LogP contribution in [-0.4, -0.2) is 14.8 Å². The Balaban J connectivity index is 2.16. The lowest BCUT2D eigenvalue weighted by molar-refractivity contribution is 0.627. The van der Waals surface area contributed by atoms with Crippen LogP contribution in [-0.2, 0) is 13.6 Å². The Hall–Kier alpha value is -1.95. The summed E-state index contributed by atoms with van der Waals surface area (Å²) in [5.41, 5.74) is 7.65. The van der Waals surface area contributed by atoms with E-state index in [9.17, 15) is 4.39 Å². The number of rotatable bonds is 4. The molecule has 0 unspecified atom stereocenters.